The van der Waals surface area contributed by atoms with Crippen molar-refractivity contribution in [1.29, 1.82) is 0 Å². The van der Waals surface area contributed by atoms with Crippen molar-refractivity contribution in [1.82, 2.24) is 0 Å². The van der Waals surface area contributed by atoms with E-state index in [0.29, 0.717) is 12.5 Å². The molecule has 0 spiro atoms. The van der Waals surface area contributed by atoms with Gasteiger partial charge in [0.05, 0.1) is 6.61 Å². The number of nitrogens with one attached hydrogen (secondary N) is 1. The van der Waals surface area contributed by atoms with Gasteiger partial charge in [-0.3, -0.25) is 0 Å². The van der Waals surface area contributed by atoms with Crippen molar-refractivity contribution >= 4 is 5.69 Å². The lowest BCUT2D eigenvalue weighted by Gasteiger charge is -2.18. The van der Waals surface area contributed by atoms with Crippen molar-refractivity contribution < 1.29 is 4.74 Å². The van der Waals surface area contributed by atoms with Crippen LogP contribution in [0.4, 0.5) is 5.69 Å². The summed E-state index contributed by atoms with van der Waals surface area (Å²) in [6.07, 6.45) is 0.942. The third kappa shape index (κ3) is 4.17. The van der Waals surface area contributed by atoms with E-state index >= 15 is 0 Å². The summed E-state index contributed by atoms with van der Waals surface area (Å²) in [5.41, 5.74) is 3.72. The van der Waals surface area contributed by atoms with Crippen molar-refractivity contribution in [2.24, 2.45) is 0 Å². The highest BCUT2D eigenvalue weighted by atomic mass is 16.5. The third-order valence-corrected chi connectivity index (χ3v) is 4.20. The monoisotopic (exact) mass is 317 g/mol. The van der Waals surface area contributed by atoms with Crippen LogP contribution in [0.1, 0.15) is 23.5 Å². The van der Waals surface area contributed by atoms with Gasteiger partial charge < -0.3 is 10.1 Å². The zero-order valence-electron chi connectivity index (χ0n) is 14.0. The summed E-state index contributed by atoms with van der Waals surface area (Å²) >= 11 is 0. The summed E-state index contributed by atoms with van der Waals surface area (Å²) in [6.45, 7) is 0.682. The fraction of sp³-hybridized carbons (Fsp3) is 0.182. The van der Waals surface area contributed by atoms with Crippen LogP contribution >= 0.6 is 0 Å². The molecule has 3 aromatic rings. The fourth-order valence-corrected chi connectivity index (χ4v) is 2.93. The Morgan fingerprint density at radius 1 is 0.792 bits per heavy atom. The molecule has 122 valence electrons. The average Bonchev–Trinajstić information content (AvgIpc) is 2.67. The summed E-state index contributed by atoms with van der Waals surface area (Å²) in [7, 11) is 1.92. The summed E-state index contributed by atoms with van der Waals surface area (Å²) in [4.78, 5) is 0. The molecule has 2 nitrogen and oxygen atoms in total. The summed E-state index contributed by atoms with van der Waals surface area (Å²) in [5, 5.41) is 3.14. The first-order valence-corrected chi connectivity index (χ1v) is 8.37. The Morgan fingerprint density at radius 2 is 1.42 bits per heavy atom. The van der Waals surface area contributed by atoms with Crippen molar-refractivity contribution in [2.45, 2.75) is 12.3 Å². The number of ether oxygens (including phenoxy) is 1. The van der Waals surface area contributed by atoms with Crippen LogP contribution in [-0.2, 0) is 0 Å². The Kier molecular flexibility index (Phi) is 5.52. The molecule has 0 radical (unpaired) electrons. The number of benzene rings is 3. The largest absolute Gasteiger partial charge is 0.493 e. The maximum absolute atomic E-state index is 5.98. The first-order chi connectivity index (χ1) is 11.9. The van der Waals surface area contributed by atoms with Crippen molar-refractivity contribution in [3.05, 3.63) is 96.1 Å². The van der Waals surface area contributed by atoms with E-state index in [1.165, 1.54) is 11.1 Å². The Balaban J connectivity index is 1.71. The molecule has 0 unspecified atom stereocenters. The van der Waals surface area contributed by atoms with E-state index in [2.05, 4.69) is 66.0 Å². The second-order valence-corrected chi connectivity index (χ2v) is 5.79. The van der Waals surface area contributed by atoms with Crippen LogP contribution in [0.15, 0.2) is 84.9 Å². The SMILES string of the molecule is CNc1cccc(OCCC(c2ccccc2)c2ccccc2)c1. The Morgan fingerprint density at radius 3 is 2.00 bits per heavy atom. The smallest absolute Gasteiger partial charge is 0.121 e. The van der Waals surface area contributed by atoms with Gasteiger partial charge in [-0.15, -0.1) is 0 Å². The van der Waals surface area contributed by atoms with Crippen LogP contribution in [-0.4, -0.2) is 13.7 Å². The van der Waals surface area contributed by atoms with Gasteiger partial charge in [-0.2, -0.15) is 0 Å². The maximum Gasteiger partial charge on any atom is 0.121 e. The second kappa shape index (κ2) is 8.21. The highest BCUT2D eigenvalue weighted by Crippen LogP contribution is 2.28. The molecule has 24 heavy (non-hydrogen) atoms. The second-order valence-electron chi connectivity index (χ2n) is 5.79. The molecule has 3 aromatic carbocycles. The Bertz CT molecular complexity index is 701. The predicted molar refractivity (Wildman–Crippen MR) is 101 cm³/mol. The molecule has 0 saturated carbocycles. The molecule has 0 bridgehead atoms. The van der Waals surface area contributed by atoms with Gasteiger partial charge in [-0.25, -0.2) is 0 Å². The molecule has 3 rings (SSSR count). The Hall–Kier alpha value is -2.74. The van der Waals surface area contributed by atoms with Crippen molar-refractivity contribution in [3.63, 3.8) is 0 Å². The molecule has 0 saturated heterocycles. The quantitative estimate of drug-likeness (QED) is 0.636. The molecule has 0 heterocycles. The van der Waals surface area contributed by atoms with E-state index in [1.807, 2.05) is 31.3 Å². The summed E-state index contributed by atoms with van der Waals surface area (Å²) in [5.74, 6) is 1.25. The zero-order valence-corrected chi connectivity index (χ0v) is 14.0. The van der Waals surface area contributed by atoms with Crippen LogP contribution in [0.2, 0.25) is 0 Å². The number of hydrogen-bond acceptors (Lipinski definition) is 2. The third-order valence-electron chi connectivity index (χ3n) is 4.20. The van der Waals surface area contributed by atoms with Gasteiger partial charge in [-0.1, -0.05) is 66.7 Å². The van der Waals surface area contributed by atoms with Crippen molar-refractivity contribution in [3.8, 4) is 5.75 Å². The summed E-state index contributed by atoms with van der Waals surface area (Å²) < 4.78 is 5.98. The number of rotatable bonds is 7. The minimum atomic E-state index is 0.347. The first kappa shape index (κ1) is 16.1. The van der Waals surface area contributed by atoms with Gasteiger partial charge in [0.1, 0.15) is 5.75 Å². The standard InChI is InChI=1S/C22H23NO/c1-23-20-13-8-14-21(17-20)24-16-15-22(18-9-4-2-5-10-18)19-11-6-3-7-12-19/h2-14,17,22-23H,15-16H2,1H3. The van der Waals surface area contributed by atoms with E-state index in [9.17, 15) is 0 Å². The van der Waals surface area contributed by atoms with Gasteiger partial charge in [0.25, 0.3) is 0 Å². The Labute approximate surface area is 144 Å². The highest BCUT2D eigenvalue weighted by molar-refractivity contribution is 5.47. The molecule has 0 aliphatic rings. The van der Waals surface area contributed by atoms with Crippen LogP contribution < -0.4 is 10.1 Å². The van der Waals surface area contributed by atoms with E-state index in [0.717, 1.165) is 17.9 Å². The van der Waals surface area contributed by atoms with Crippen LogP contribution in [0, 0.1) is 0 Å². The van der Waals surface area contributed by atoms with Gasteiger partial charge in [0.2, 0.25) is 0 Å². The van der Waals surface area contributed by atoms with E-state index in [1.54, 1.807) is 0 Å². The van der Waals surface area contributed by atoms with Crippen LogP contribution in [0.25, 0.3) is 0 Å². The minimum absolute atomic E-state index is 0.347. The number of anilines is 1. The lowest BCUT2D eigenvalue weighted by Crippen LogP contribution is -2.07. The van der Waals surface area contributed by atoms with E-state index in [4.69, 9.17) is 4.74 Å². The minimum Gasteiger partial charge on any atom is -0.493 e. The molecule has 2 heteroatoms. The molecule has 0 aromatic heterocycles. The number of hydrogen-bond donors (Lipinski definition) is 1. The lowest BCUT2D eigenvalue weighted by atomic mass is 9.89. The van der Waals surface area contributed by atoms with Gasteiger partial charge >= 0.3 is 0 Å². The van der Waals surface area contributed by atoms with Gasteiger partial charge in [-0.05, 0) is 29.7 Å². The van der Waals surface area contributed by atoms with Crippen LogP contribution in [0.5, 0.6) is 5.75 Å². The van der Waals surface area contributed by atoms with Crippen molar-refractivity contribution in [2.75, 3.05) is 19.0 Å². The zero-order chi connectivity index (χ0) is 16.6. The van der Waals surface area contributed by atoms with E-state index < -0.39 is 0 Å². The molecule has 0 amide bonds. The summed E-state index contributed by atoms with van der Waals surface area (Å²) in [6, 6.07) is 29.4. The molecule has 1 N–H and O–H groups in total. The molecular formula is C22H23NO. The normalized spacial score (nSPS) is 10.6. The molecule has 0 fully saturated rings. The average molecular weight is 317 g/mol. The predicted octanol–water partition coefficient (Wildman–Crippen LogP) is 5.33. The lowest BCUT2D eigenvalue weighted by molar-refractivity contribution is 0.304. The van der Waals surface area contributed by atoms with Gasteiger partial charge in [0, 0.05) is 24.7 Å². The highest BCUT2D eigenvalue weighted by Gasteiger charge is 2.13. The maximum atomic E-state index is 5.98. The fourth-order valence-electron chi connectivity index (χ4n) is 2.93. The van der Waals surface area contributed by atoms with E-state index in [-0.39, 0.29) is 0 Å². The first-order valence-electron chi connectivity index (χ1n) is 8.37. The molecule has 0 aliphatic heterocycles. The van der Waals surface area contributed by atoms with Gasteiger partial charge in [0.15, 0.2) is 0 Å². The molecular weight excluding hydrogens is 294 g/mol. The topological polar surface area (TPSA) is 21.3 Å². The molecule has 0 aliphatic carbocycles. The molecule has 0 atom stereocenters. The van der Waals surface area contributed by atoms with Crippen LogP contribution in [0.3, 0.4) is 0 Å².